The lowest BCUT2D eigenvalue weighted by Crippen LogP contribution is -2.51. The van der Waals surface area contributed by atoms with Crippen molar-refractivity contribution in [2.75, 3.05) is 10.8 Å². The quantitative estimate of drug-likeness (QED) is 0.562. The van der Waals surface area contributed by atoms with Gasteiger partial charge in [0.15, 0.2) is 6.10 Å². The molecular formula is C27H30N2O4S. The molecule has 0 saturated carbocycles. The third kappa shape index (κ3) is 4.94. The van der Waals surface area contributed by atoms with E-state index in [9.17, 15) is 13.2 Å². The van der Waals surface area contributed by atoms with Crippen LogP contribution in [0.5, 0.6) is 5.75 Å². The Bertz CT molecular complexity index is 1310. The number of benzene rings is 3. The van der Waals surface area contributed by atoms with Gasteiger partial charge in [-0.1, -0.05) is 54.6 Å². The number of sulfonamides is 1. The van der Waals surface area contributed by atoms with Crippen molar-refractivity contribution in [1.82, 2.24) is 5.32 Å². The third-order valence-corrected chi connectivity index (χ3v) is 7.98. The third-order valence-electron chi connectivity index (χ3n) is 6.26. The largest absolute Gasteiger partial charge is 0.476 e. The minimum Gasteiger partial charge on any atom is -0.476 e. The van der Waals surface area contributed by atoms with Gasteiger partial charge in [0.25, 0.3) is 5.91 Å². The summed E-state index contributed by atoms with van der Waals surface area (Å²) in [5, 5.41) is 3.02. The van der Waals surface area contributed by atoms with Gasteiger partial charge in [-0.3, -0.25) is 9.10 Å². The van der Waals surface area contributed by atoms with Crippen LogP contribution in [0.3, 0.4) is 0 Å². The van der Waals surface area contributed by atoms with E-state index in [1.807, 2.05) is 39.0 Å². The summed E-state index contributed by atoms with van der Waals surface area (Å²) < 4.78 is 34.0. The zero-order chi connectivity index (χ0) is 24.5. The van der Waals surface area contributed by atoms with Crippen LogP contribution in [0.1, 0.15) is 40.8 Å². The Morgan fingerprint density at radius 2 is 1.65 bits per heavy atom. The highest BCUT2D eigenvalue weighted by Gasteiger charge is 2.37. The zero-order valence-corrected chi connectivity index (χ0v) is 20.7. The van der Waals surface area contributed by atoms with E-state index < -0.39 is 16.1 Å². The molecule has 0 saturated heterocycles. The lowest BCUT2D eigenvalue weighted by Gasteiger charge is -2.35. The molecule has 178 valence electrons. The van der Waals surface area contributed by atoms with Crippen LogP contribution in [0.15, 0.2) is 66.7 Å². The predicted octanol–water partition coefficient (Wildman–Crippen LogP) is 4.59. The van der Waals surface area contributed by atoms with E-state index in [1.54, 1.807) is 36.4 Å². The van der Waals surface area contributed by atoms with E-state index in [-0.39, 0.29) is 24.2 Å². The van der Waals surface area contributed by atoms with Gasteiger partial charge in [0.1, 0.15) is 5.75 Å². The first-order chi connectivity index (χ1) is 16.2. The summed E-state index contributed by atoms with van der Waals surface area (Å²) in [6.07, 6.45) is -0.963. The van der Waals surface area contributed by atoms with E-state index in [2.05, 4.69) is 24.4 Å². The predicted molar refractivity (Wildman–Crippen MR) is 134 cm³/mol. The second-order valence-electron chi connectivity index (χ2n) is 8.87. The SMILES string of the molecule is Cc1cc(C)c([C@H](C)NC(=O)[C@H]2CN(S(=O)(=O)Cc3ccccc3)c3ccccc3O2)cc1C. The maximum absolute atomic E-state index is 13.4. The molecule has 1 aliphatic heterocycles. The molecule has 1 heterocycles. The average Bonchev–Trinajstić information content (AvgIpc) is 2.80. The monoisotopic (exact) mass is 478 g/mol. The first-order valence-electron chi connectivity index (χ1n) is 11.3. The molecule has 0 spiro atoms. The van der Waals surface area contributed by atoms with Crippen molar-refractivity contribution in [2.24, 2.45) is 0 Å². The topological polar surface area (TPSA) is 75.7 Å². The molecule has 1 aliphatic rings. The van der Waals surface area contributed by atoms with Gasteiger partial charge >= 0.3 is 0 Å². The van der Waals surface area contributed by atoms with Gasteiger partial charge in [-0.15, -0.1) is 0 Å². The van der Waals surface area contributed by atoms with Gasteiger partial charge in [0.2, 0.25) is 10.0 Å². The number of hydrogen-bond acceptors (Lipinski definition) is 4. The van der Waals surface area contributed by atoms with Crippen LogP contribution >= 0.6 is 0 Å². The summed E-state index contributed by atoms with van der Waals surface area (Å²) >= 11 is 0. The highest BCUT2D eigenvalue weighted by molar-refractivity contribution is 7.92. The number of hydrogen-bond donors (Lipinski definition) is 1. The highest BCUT2D eigenvalue weighted by atomic mass is 32.2. The van der Waals surface area contributed by atoms with Gasteiger partial charge in [-0.25, -0.2) is 8.42 Å². The number of carbonyl (C=O) groups excluding carboxylic acids is 1. The van der Waals surface area contributed by atoms with Crippen LogP contribution in [-0.4, -0.2) is 27.0 Å². The number of fused-ring (bicyclic) bond motifs is 1. The first-order valence-corrected chi connectivity index (χ1v) is 12.9. The zero-order valence-electron chi connectivity index (χ0n) is 19.9. The van der Waals surface area contributed by atoms with Gasteiger partial charge in [-0.2, -0.15) is 0 Å². The molecule has 7 heteroatoms. The number of carbonyl (C=O) groups is 1. The fourth-order valence-electron chi connectivity index (χ4n) is 4.30. The van der Waals surface area contributed by atoms with E-state index >= 15 is 0 Å². The Morgan fingerprint density at radius 3 is 2.38 bits per heavy atom. The molecule has 0 radical (unpaired) electrons. The Labute approximate surface area is 201 Å². The van der Waals surface area contributed by atoms with Crippen LogP contribution < -0.4 is 14.4 Å². The molecule has 0 bridgehead atoms. The molecule has 34 heavy (non-hydrogen) atoms. The molecule has 0 fully saturated rings. The number of nitrogens with zero attached hydrogens (tertiary/aromatic N) is 1. The standard InChI is InChI=1S/C27H30N2O4S/c1-18-14-20(3)23(15-19(18)2)21(4)28-27(30)26-16-29(24-12-8-9-13-25(24)33-26)34(31,32)17-22-10-6-5-7-11-22/h5-15,21,26H,16-17H2,1-4H3,(H,28,30)/t21-,26+/m0/s1. The van der Waals surface area contributed by atoms with Crippen LogP contribution in [-0.2, 0) is 20.6 Å². The molecule has 3 aromatic carbocycles. The van der Waals surface area contributed by atoms with Crippen molar-refractivity contribution < 1.29 is 17.9 Å². The fourth-order valence-corrected chi connectivity index (χ4v) is 5.88. The number of aryl methyl sites for hydroxylation is 3. The summed E-state index contributed by atoms with van der Waals surface area (Å²) in [6.45, 7) is 7.97. The Kier molecular flexibility index (Phi) is 6.66. The summed E-state index contributed by atoms with van der Waals surface area (Å²) in [7, 11) is -3.74. The normalized spacial score (nSPS) is 16.4. The van der Waals surface area contributed by atoms with Crippen molar-refractivity contribution in [3.63, 3.8) is 0 Å². The molecule has 4 rings (SSSR count). The molecule has 1 amide bonds. The molecule has 2 atom stereocenters. The summed E-state index contributed by atoms with van der Waals surface area (Å²) in [4.78, 5) is 13.2. The minimum absolute atomic E-state index is 0.0867. The number of amides is 1. The lowest BCUT2D eigenvalue weighted by atomic mass is 9.96. The van der Waals surface area contributed by atoms with Gasteiger partial charge < -0.3 is 10.1 Å². The molecule has 6 nitrogen and oxygen atoms in total. The second kappa shape index (κ2) is 9.50. The van der Waals surface area contributed by atoms with E-state index in [0.29, 0.717) is 17.0 Å². The number of ether oxygens (including phenoxy) is 1. The van der Waals surface area contributed by atoms with Gasteiger partial charge in [-0.05, 0) is 67.6 Å². The summed E-state index contributed by atoms with van der Waals surface area (Å²) in [5.74, 6) is -0.130. The Hall–Kier alpha value is -3.32. The van der Waals surface area contributed by atoms with Gasteiger partial charge in [0, 0.05) is 0 Å². The lowest BCUT2D eigenvalue weighted by molar-refractivity contribution is -0.128. The Balaban J connectivity index is 1.58. The number of rotatable bonds is 6. The molecule has 3 aromatic rings. The Morgan fingerprint density at radius 1 is 1.00 bits per heavy atom. The number of nitrogens with one attached hydrogen (secondary N) is 1. The number of anilines is 1. The molecular weight excluding hydrogens is 448 g/mol. The second-order valence-corrected chi connectivity index (χ2v) is 10.8. The van der Waals surface area contributed by atoms with E-state index in [4.69, 9.17) is 4.74 Å². The van der Waals surface area contributed by atoms with Crippen molar-refractivity contribution in [1.29, 1.82) is 0 Å². The maximum Gasteiger partial charge on any atom is 0.263 e. The smallest absolute Gasteiger partial charge is 0.263 e. The van der Waals surface area contributed by atoms with Crippen molar-refractivity contribution >= 4 is 21.6 Å². The molecule has 0 aliphatic carbocycles. The van der Waals surface area contributed by atoms with E-state index in [0.717, 1.165) is 16.7 Å². The van der Waals surface area contributed by atoms with Gasteiger partial charge in [0.05, 0.1) is 24.0 Å². The molecule has 1 N–H and O–H groups in total. The summed E-state index contributed by atoms with van der Waals surface area (Å²) in [5.41, 5.74) is 5.61. The van der Waals surface area contributed by atoms with Crippen molar-refractivity contribution in [2.45, 2.75) is 45.6 Å². The molecule has 0 aromatic heterocycles. The summed E-state index contributed by atoms with van der Waals surface area (Å²) in [6, 6.07) is 19.9. The highest BCUT2D eigenvalue weighted by Crippen LogP contribution is 2.36. The number of para-hydroxylation sites is 2. The average molecular weight is 479 g/mol. The van der Waals surface area contributed by atoms with Crippen LogP contribution in [0, 0.1) is 20.8 Å². The minimum atomic E-state index is -3.74. The molecule has 0 unspecified atom stereocenters. The fraction of sp³-hybridized carbons (Fsp3) is 0.296. The van der Waals surface area contributed by atoms with Crippen molar-refractivity contribution in [3.05, 3.63) is 94.5 Å². The maximum atomic E-state index is 13.4. The van der Waals surface area contributed by atoms with Crippen LogP contribution in [0.25, 0.3) is 0 Å². The van der Waals surface area contributed by atoms with Crippen LogP contribution in [0.2, 0.25) is 0 Å². The van der Waals surface area contributed by atoms with Crippen LogP contribution in [0.4, 0.5) is 5.69 Å². The van der Waals surface area contributed by atoms with E-state index in [1.165, 1.54) is 9.87 Å². The van der Waals surface area contributed by atoms with Crippen molar-refractivity contribution in [3.8, 4) is 5.75 Å². The first kappa shape index (κ1) is 23.8.